The van der Waals surface area contributed by atoms with Crippen LogP contribution in [0.25, 0.3) is 10.4 Å². The molecule has 3 aromatic rings. The number of aryl methyl sites for hydroxylation is 1. The van der Waals surface area contributed by atoms with Crippen LogP contribution in [0, 0.1) is 12.3 Å². The molecule has 4 atom stereocenters. The zero-order chi connectivity index (χ0) is 30.5. The Balaban J connectivity index is 1.25. The van der Waals surface area contributed by atoms with Crippen molar-refractivity contribution in [2.75, 3.05) is 13.2 Å². The van der Waals surface area contributed by atoms with Gasteiger partial charge in [0.15, 0.2) is 0 Å². The number of nitrogens with one attached hydrogen (secondary N) is 1. The normalized spacial score (nSPS) is 23.8. The Morgan fingerprint density at radius 3 is 2.60 bits per heavy atom. The van der Waals surface area contributed by atoms with E-state index in [0.717, 1.165) is 40.4 Å². The first-order valence-corrected chi connectivity index (χ1v) is 15.4. The van der Waals surface area contributed by atoms with E-state index in [0.29, 0.717) is 24.7 Å². The molecule has 4 heterocycles. The average molecular weight is 609 g/mol. The number of carbonyl (C=O) groups excluding carboxylic acids is 2. The van der Waals surface area contributed by atoms with Crippen LogP contribution < -0.4 is 5.32 Å². The highest BCUT2D eigenvalue weighted by Crippen LogP contribution is 2.44. The first-order chi connectivity index (χ1) is 20.5. The smallest absolute Gasteiger partial charge is 0.305 e. The van der Waals surface area contributed by atoms with Crippen molar-refractivity contribution in [2.24, 2.45) is 5.41 Å². The van der Waals surface area contributed by atoms with Gasteiger partial charge < -0.3 is 25.2 Å². The molecule has 6 rings (SSSR count). The third-order valence-electron chi connectivity index (χ3n) is 8.60. The highest BCUT2D eigenvalue weighted by Gasteiger charge is 2.49. The van der Waals surface area contributed by atoms with E-state index in [1.165, 1.54) is 16.2 Å². The Hall–Kier alpha value is -3.68. The Bertz CT molecular complexity index is 1530. The molecule has 2 aliphatic heterocycles. The van der Waals surface area contributed by atoms with Crippen LogP contribution in [0.2, 0.25) is 0 Å². The summed E-state index contributed by atoms with van der Waals surface area (Å²) < 4.78 is 7.63. The summed E-state index contributed by atoms with van der Waals surface area (Å²) in [5.74, 6) is -1.61. The number of fused-ring (bicyclic) bond motifs is 1. The number of nitrogens with zero attached hydrogens (tertiary/aromatic N) is 5. The van der Waals surface area contributed by atoms with E-state index in [-0.39, 0.29) is 25.3 Å². The Morgan fingerprint density at radius 1 is 1.21 bits per heavy atom. The number of aliphatic hydroxyl groups is 1. The lowest BCUT2D eigenvalue weighted by molar-refractivity contribution is -0.145. The molecule has 13 heteroatoms. The highest BCUT2D eigenvalue weighted by atomic mass is 32.1. The molecule has 2 amide bonds. The van der Waals surface area contributed by atoms with E-state index in [9.17, 15) is 24.6 Å². The van der Waals surface area contributed by atoms with Crippen molar-refractivity contribution in [3.63, 3.8) is 0 Å². The summed E-state index contributed by atoms with van der Waals surface area (Å²) in [6.07, 6.45) is 0.857. The number of likely N-dealkylation sites (tertiary alicyclic amines) is 1. The number of carboxylic acids is 1. The van der Waals surface area contributed by atoms with E-state index in [1.807, 2.05) is 32.9 Å². The van der Waals surface area contributed by atoms with Crippen molar-refractivity contribution in [2.45, 2.75) is 83.2 Å². The third kappa shape index (κ3) is 5.80. The molecule has 1 aromatic carbocycles. The lowest BCUT2D eigenvalue weighted by Crippen LogP contribution is -2.51. The molecule has 228 valence electrons. The summed E-state index contributed by atoms with van der Waals surface area (Å²) in [5.41, 5.74) is 5.23. The minimum absolute atomic E-state index is 0.0175. The summed E-state index contributed by atoms with van der Waals surface area (Å²) in [6.45, 7) is 6.36. The highest BCUT2D eigenvalue weighted by molar-refractivity contribution is 7.13. The molecule has 3 N–H and O–H groups in total. The Labute approximate surface area is 253 Å². The molecule has 0 spiro atoms. The number of amides is 2. The number of aromatic nitrogens is 4. The molecular weight excluding hydrogens is 572 g/mol. The number of thiazole rings is 1. The van der Waals surface area contributed by atoms with Crippen molar-refractivity contribution >= 4 is 29.1 Å². The van der Waals surface area contributed by atoms with Crippen molar-refractivity contribution in [3.05, 3.63) is 52.4 Å². The number of hydrogen-bond donors (Lipinski definition) is 3. The summed E-state index contributed by atoms with van der Waals surface area (Å²) in [4.78, 5) is 46.6. The van der Waals surface area contributed by atoms with Gasteiger partial charge in [-0.3, -0.25) is 14.4 Å². The zero-order valence-electron chi connectivity index (χ0n) is 24.4. The van der Waals surface area contributed by atoms with E-state index in [1.54, 1.807) is 22.3 Å². The first-order valence-electron chi connectivity index (χ1n) is 14.6. The molecule has 0 unspecified atom stereocenters. The van der Waals surface area contributed by atoms with E-state index >= 15 is 0 Å². The van der Waals surface area contributed by atoms with Crippen LogP contribution >= 0.6 is 11.3 Å². The maximum atomic E-state index is 14.3. The maximum absolute atomic E-state index is 14.3. The fraction of sp³-hybridized carbons (Fsp3) is 0.533. The van der Waals surface area contributed by atoms with Crippen LogP contribution in [0.1, 0.15) is 80.2 Å². The summed E-state index contributed by atoms with van der Waals surface area (Å²) in [5, 5.41) is 32.0. The number of rotatable bonds is 8. The van der Waals surface area contributed by atoms with Gasteiger partial charge >= 0.3 is 5.97 Å². The Morgan fingerprint density at radius 2 is 1.95 bits per heavy atom. The number of aliphatic hydroxyl groups excluding tert-OH is 1. The molecule has 0 bridgehead atoms. The van der Waals surface area contributed by atoms with Gasteiger partial charge in [-0.05, 0) is 30.9 Å². The first kappa shape index (κ1) is 29.4. The van der Waals surface area contributed by atoms with Crippen molar-refractivity contribution in [1.29, 1.82) is 0 Å². The molecule has 1 saturated carbocycles. The number of hydrogen-bond acceptors (Lipinski definition) is 9. The second-order valence-electron chi connectivity index (χ2n) is 12.5. The van der Waals surface area contributed by atoms with Gasteiger partial charge in [0.25, 0.3) is 0 Å². The summed E-state index contributed by atoms with van der Waals surface area (Å²) in [6, 6.07) is 4.76. The fourth-order valence-electron chi connectivity index (χ4n) is 6.21. The largest absolute Gasteiger partial charge is 0.481 e. The topological polar surface area (TPSA) is 160 Å². The molecule has 1 aliphatic carbocycles. The molecule has 3 aliphatic rings. The lowest BCUT2D eigenvalue weighted by Gasteiger charge is -2.35. The quantitative estimate of drug-likeness (QED) is 0.349. The van der Waals surface area contributed by atoms with Crippen LogP contribution in [0.5, 0.6) is 0 Å². The number of aliphatic carboxylic acids is 1. The average Bonchev–Trinajstić information content (AvgIpc) is 3.43. The predicted octanol–water partition coefficient (Wildman–Crippen LogP) is 2.98. The van der Waals surface area contributed by atoms with E-state index in [2.05, 4.69) is 20.6 Å². The van der Waals surface area contributed by atoms with Gasteiger partial charge in [-0.15, -0.1) is 16.4 Å². The zero-order valence-corrected chi connectivity index (χ0v) is 25.2. The van der Waals surface area contributed by atoms with Crippen molar-refractivity contribution in [1.82, 2.24) is 30.2 Å². The van der Waals surface area contributed by atoms with Gasteiger partial charge in [0, 0.05) is 24.3 Å². The number of benzene rings is 1. The minimum atomic E-state index is -1.07. The van der Waals surface area contributed by atoms with Crippen LogP contribution in [0.15, 0.2) is 29.8 Å². The molecule has 2 fully saturated rings. The van der Waals surface area contributed by atoms with Crippen LogP contribution in [-0.4, -0.2) is 78.2 Å². The fourth-order valence-corrected chi connectivity index (χ4v) is 7.02. The number of carboxylic acid groups (broad SMARTS) is 1. The molecule has 12 nitrogen and oxygen atoms in total. The van der Waals surface area contributed by atoms with Gasteiger partial charge in [-0.1, -0.05) is 43.3 Å². The molecule has 2 aromatic heterocycles. The van der Waals surface area contributed by atoms with Gasteiger partial charge in [-0.25, -0.2) is 9.67 Å². The molecule has 43 heavy (non-hydrogen) atoms. The minimum Gasteiger partial charge on any atom is -0.481 e. The van der Waals surface area contributed by atoms with Gasteiger partial charge in [0.1, 0.15) is 12.1 Å². The van der Waals surface area contributed by atoms with Gasteiger partial charge in [0.2, 0.25) is 11.8 Å². The monoisotopic (exact) mass is 608 g/mol. The van der Waals surface area contributed by atoms with Crippen molar-refractivity contribution in [3.8, 4) is 10.4 Å². The summed E-state index contributed by atoms with van der Waals surface area (Å²) >= 11 is 1.52. The molecule has 0 radical (unpaired) electrons. The second kappa shape index (κ2) is 11.4. The lowest BCUT2D eigenvalue weighted by atomic mass is 9.84. The third-order valence-corrected chi connectivity index (χ3v) is 9.57. The SMILES string of the molecule is Cc1ncsc1-c1ccc([C@H](CC(=O)O)NC(=O)[C@@H]2C[C@@H](O)CN2C(=O)[C@H]2n3nnc(C4CC4)c3COCC2(C)C)cc1. The molecular formula is C30H36N6O6S. The maximum Gasteiger partial charge on any atom is 0.305 e. The van der Waals surface area contributed by atoms with E-state index in [4.69, 9.17) is 4.74 Å². The number of β-amino-alcohol motifs (C(OH)–C–C–N with tert-alkyl or cyclic N) is 1. The van der Waals surface area contributed by atoms with Gasteiger partial charge in [0.05, 0.1) is 59.2 Å². The number of carbonyl (C=O) groups is 3. The van der Waals surface area contributed by atoms with Crippen LogP contribution in [0.3, 0.4) is 0 Å². The van der Waals surface area contributed by atoms with Gasteiger partial charge in [-0.2, -0.15) is 0 Å². The number of ether oxygens (including phenoxy) is 1. The van der Waals surface area contributed by atoms with Crippen LogP contribution in [-0.2, 0) is 25.7 Å². The molecule has 1 saturated heterocycles. The Kier molecular flexibility index (Phi) is 7.82. The second-order valence-corrected chi connectivity index (χ2v) is 13.3. The van der Waals surface area contributed by atoms with Crippen molar-refractivity contribution < 1.29 is 29.3 Å². The predicted molar refractivity (Wildman–Crippen MR) is 156 cm³/mol. The standard InChI is InChI=1S/C30H36N6O6S/c1-16-26(43-15-31-16)19-8-4-17(5-9-19)21(11-24(38)39)32-28(40)22-10-20(37)12-35(22)29(41)27-30(2,3)14-42-13-23-25(18-6-7-18)33-34-36(23)27/h4-5,8-9,15,18,20-22,27,37H,6-7,10-14H2,1-3H3,(H,32,40)(H,38,39)/t20-,21+,22+,27-/m1/s1. The van der Waals surface area contributed by atoms with Crippen LogP contribution in [0.4, 0.5) is 0 Å². The van der Waals surface area contributed by atoms with E-state index < -0.39 is 41.5 Å². The summed E-state index contributed by atoms with van der Waals surface area (Å²) in [7, 11) is 0.